The molecule has 1 N–H and O–H groups in total. The molecule has 2 unspecified atom stereocenters. The third kappa shape index (κ3) is 2.91. The molecule has 0 spiro atoms. The van der Waals surface area contributed by atoms with E-state index < -0.39 is 0 Å². The zero-order valence-corrected chi connectivity index (χ0v) is 12.2. The van der Waals surface area contributed by atoms with Crippen molar-refractivity contribution in [3.8, 4) is 11.5 Å². The third-order valence-corrected chi connectivity index (χ3v) is 3.90. The van der Waals surface area contributed by atoms with E-state index in [0.717, 1.165) is 31.1 Å². The molecule has 0 radical (unpaired) electrons. The maximum absolute atomic E-state index is 5.94. The van der Waals surface area contributed by atoms with E-state index in [9.17, 15) is 0 Å². The van der Waals surface area contributed by atoms with Crippen LogP contribution in [0.3, 0.4) is 0 Å². The largest absolute Gasteiger partial charge is 0.486 e. The van der Waals surface area contributed by atoms with Crippen LogP contribution in [0.15, 0.2) is 18.2 Å². The van der Waals surface area contributed by atoms with Gasteiger partial charge >= 0.3 is 0 Å². The van der Waals surface area contributed by atoms with Crippen molar-refractivity contribution in [3.63, 3.8) is 0 Å². The second-order valence-electron chi connectivity index (χ2n) is 5.81. The monoisotopic (exact) mass is 277 g/mol. The summed E-state index contributed by atoms with van der Waals surface area (Å²) >= 11 is 0. The van der Waals surface area contributed by atoms with E-state index in [-0.39, 0.29) is 6.10 Å². The topological polar surface area (TPSA) is 39.7 Å². The number of ether oxygens (including phenoxy) is 3. The van der Waals surface area contributed by atoms with Gasteiger partial charge in [0.25, 0.3) is 0 Å². The van der Waals surface area contributed by atoms with Crippen molar-refractivity contribution in [3.05, 3.63) is 23.8 Å². The molecule has 1 fully saturated rings. The van der Waals surface area contributed by atoms with E-state index in [0.29, 0.717) is 25.2 Å². The molecule has 2 aliphatic rings. The minimum Gasteiger partial charge on any atom is -0.486 e. The van der Waals surface area contributed by atoms with Crippen molar-refractivity contribution < 1.29 is 14.2 Å². The van der Waals surface area contributed by atoms with Gasteiger partial charge in [-0.15, -0.1) is 0 Å². The summed E-state index contributed by atoms with van der Waals surface area (Å²) in [5.41, 5.74) is 1.20. The van der Waals surface area contributed by atoms with E-state index in [1.54, 1.807) is 0 Å². The van der Waals surface area contributed by atoms with Gasteiger partial charge in [0.05, 0.1) is 6.10 Å². The average molecular weight is 277 g/mol. The van der Waals surface area contributed by atoms with Crippen molar-refractivity contribution in [2.75, 3.05) is 26.4 Å². The second kappa shape index (κ2) is 6.02. The highest BCUT2D eigenvalue weighted by atomic mass is 16.6. The van der Waals surface area contributed by atoms with Crippen LogP contribution in [0, 0.1) is 5.92 Å². The van der Waals surface area contributed by atoms with Crippen LogP contribution in [-0.4, -0.2) is 32.4 Å². The molecule has 0 saturated carbocycles. The standard InChI is InChI=1S/C16H23NO3/c1-11(2)17-10-13-5-6-20-16(13)12-3-4-14-15(9-12)19-8-7-18-14/h3-4,9,11,13,16-17H,5-8,10H2,1-2H3. The predicted molar refractivity (Wildman–Crippen MR) is 77.4 cm³/mol. The zero-order valence-electron chi connectivity index (χ0n) is 12.2. The molecule has 0 aromatic heterocycles. The summed E-state index contributed by atoms with van der Waals surface area (Å²) < 4.78 is 17.2. The molecule has 3 rings (SSSR count). The Morgan fingerprint density at radius 1 is 1.15 bits per heavy atom. The molecular formula is C16H23NO3. The Morgan fingerprint density at radius 2 is 1.95 bits per heavy atom. The first-order chi connectivity index (χ1) is 9.74. The Morgan fingerprint density at radius 3 is 2.75 bits per heavy atom. The first-order valence-electron chi connectivity index (χ1n) is 7.48. The summed E-state index contributed by atoms with van der Waals surface area (Å²) in [6, 6.07) is 6.69. The summed E-state index contributed by atoms with van der Waals surface area (Å²) in [5.74, 6) is 2.22. The normalized spacial score (nSPS) is 25.1. The molecular weight excluding hydrogens is 254 g/mol. The Labute approximate surface area is 120 Å². The maximum Gasteiger partial charge on any atom is 0.161 e. The van der Waals surface area contributed by atoms with Crippen molar-refractivity contribution in [2.45, 2.75) is 32.4 Å². The minimum atomic E-state index is 0.164. The second-order valence-corrected chi connectivity index (χ2v) is 5.81. The highest BCUT2D eigenvalue weighted by molar-refractivity contribution is 5.44. The fraction of sp³-hybridized carbons (Fsp3) is 0.625. The SMILES string of the molecule is CC(C)NCC1CCOC1c1ccc2c(c1)OCCO2. The molecule has 110 valence electrons. The van der Waals surface area contributed by atoms with Crippen LogP contribution >= 0.6 is 0 Å². The smallest absolute Gasteiger partial charge is 0.161 e. The molecule has 1 aromatic rings. The number of fused-ring (bicyclic) bond motifs is 1. The molecule has 1 aromatic carbocycles. The lowest BCUT2D eigenvalue weighted by Gasteiger charge is -2.23. The Kier molecular flexibility index (Phi) is 4.13. The van der Waals surface area contributed by atoms with Crippen LogP contribution in [-0.2, 0) is 4.74 Å². The van der Waals surface area contributed by atoms with Crippen LogP contribution in [0.4, 0.5) is 0 Å². The predicted octanol–water partition coefficient (Wildman–Crippen LogP) is 2.53. The highest BCUT2D eigenvalue weighted by Crippen LogP contribution is 2.39. The molecule has 2 heterocycles. The zero-order chi connectivity index (χ0) is 13.9. The summed E-state index contributed by atoms with van der Waals surface area (Å²) in [6.45, 7) is 7.44. The Balaban J connectivity index is 1.74. The molecule has 4 nitrogen and oxygen atoms in total. The van der Waals surface area contributed by atoms with Gasteiger partial charge in [0.15, 0.2) is 11.5 Å². The van der Waals surface area contributed by atoms with Crippen LogP contribution in [0.25, 0.3) is 0 Å². The van der Waals surface area contributed by atoms with E-state index in [1.807, 2.05) is 6.07 Å². The lowest BCUT2D eigenvalue weighted by Crippen LogP contribution is -2.30. The quantitative estimate of drug-likeness (QED) is 0.918. The first kappa shape index (κ1) is 13.7. The van der Waals surface area contributed by atoms with Crippen LogP contribution in [0.5, 0.6) is 11.5 Å². The summed E-state index contributed by atoms with van der Waals surface area (Å²) in [6.07, 6.45) is 1.27. The van der Waals surface area contributed by atoms with Gasteiger partial charge in [-0.2, -0.15) is 0 Å². The molecule has 0 amide bonds. The van der Waals surface area contributed by atoms with Gasteiger partial charge in [0, 0.05) is 25.1 Å². The summed E-state index contributed by atoms with van der Waals surface area (Å²) in [7, 11) is 0. The fourth-order valence-corrected chi connectivity index (χ4v) is 2.84. The third-order valence-electron chi connectivity index (χ3n) is 3.90. The molecule has 1 saturated heterocycles. The number of hydrogen-bond donors (Lipinski definition) is 1. The van der Waals surface area contributed by atoms with Crippen LogP contribution in [0.1, 0.15) is 31.9 Å². The number of hydrogen-bond acceptors (Lipinski definition) is 4. The van der Waals surface area contributed by atoms with E-state index in [1.165, 1.54) is 5.56 Å². The lowest BCUT2D eigenvalue weighted by molar-refractivity contribution is 0.0893. The van der Waals surface area contributed by atoms with Gasteiger partial charge < -0.3 is 19.5 Å². The van der Waals surface area contributed by atoms with Gasteiger partial charge in [-0.3, -0.25) is 0 Å². The highest BCUT2D eigenvalue weighted by Gasteiger charge is 2.30. The van der Waals surface area contributed by atoms with Gasteiger partial charge in [0.2, 0.25) is 0 Å². The van der Waals surface area contributed by atoms with Gasteiger partial charge in [0.1, 0.15) is 13.2 Å². The van der Waals surface area contributed by atoms with Crippen LogP contribution in [0.2, 0.25) is 0 Å². The van der Waals surface area contributed by atoms with Crippen molar-refractivity contribution in [1.82, 2.24) is 5.32 Å². The van der Waals surface area contributed by atoms with Crippen molar-refractivity contribution in [1.29, 1.82) is 0 Å². The maximum atomic E-state index is 5.94. The number of rotatable bonds is 4. The lowest BCUT2D eigenvalue weighted by atomic mass is 9.94. The summed E-state index contributed by atoms with van der Waals surface area (Å²) in [5, 5.41) is 3.51. The molecule has 2 aliphatic heterocycles. The molecule has 0 aliphatic carbocycles. The minimum absolute atomic E-state index is 0.164. The Hall–Kier alpha value is -1.26. The number of benzene rings is 1. The van der Waals surface area contributed by atoms with E-state index in [4.69, 9.17) is 14.2 Å². The van der Waals surface area contributed by atoms with E-state index >= 15 is 0 Å². The molecule has 4 heteroatoms. The first-order valence-corrected chi connectivity index (χ1v) is 7.48. The van der Waals surface area contributed by atoms with Crippen molar-refractivity contribution in [2.24, 2.45) is 5.92 Å². The fourth-order valence-electron chi connectivity index (χ4n) is 2.84. The molecule has 0 bridgehead atoms. The molecule has 20 heavy (non-hydrogen) atoms. The summed E-state index contributed by atoms with van der Waals surface area (Å²) in [4.78, 5) is 0. The average Bonchev–Trinajstić information content (AvgIpc) is 2.93. The van der Waals surface area contributed by atoms with Gasteiger partial charge in [-0.05, 0) is 24.1 Å². The van der Waals surface area contributed by atoms with Gasteiger partial charge in [-0.25, -0.2) is 0 Å². The van der Waals surface area contributed by atoms with Crippen LogP contribution < -0.4 is 14.8 Å². The van der Waals surface area contributed by atoms with Crippen molar-refractivity contribution >= 4 is 0 Å². The van der Waals surface area contributed by atoms with Gasteiger partial charge in [-0.1, -0.05) is 19.9 Å². The molecule has 2 atom stereocenters. The number of nitrogens with one attached hydrogen (secondary N) is 1. The Bertz CT molecular complexity index is 461. The van der Waals surface area contributed by atoms with E-state index in [2.05, 4.69) is 31.3 Å².